The van der Waals surface area contributed by atoms with Crippen LogP contribution in [-0.4, -0.2) is 0 Å². The lowest BCUT2D eigenvalue weighted by Crippen LogP contribution is -2.09. The molecule has 0 saturated heterocycles. The molecule has 0 radical (unpaired) electrons. The minimum absolute atomic E-state index is 0.915. The van der Waals surface area contributed by atoms with Gasteiger partial charge in [0, 0.05) is 22.8 Å². The monoisotopic (exact) mass is 290 g/mol. The Bertz CT molecular complexity index is 756. The third-order valence-corrected chi connectivity index (χ3v) is 4.27. The maximum atomic E-state index is 4.17. The smallest absolute Gasteiger partial charge is 0.0435 e. The molecule has 0 aliphatic carbocycles. The van der Waals surface area contributed by atoms with Crippen molar-refractivity contribution in [3.63, 3.8) is 0 Å². The molecule has 112 valence electrons. The van der Waals surface area contributed by atoms with E-state index in [-0.39, 0.29) is 0 Å². The van der Waals surface area contributed by atoms with Gasteiger partial charge in [0.15, 0.2) is 0 Å². The van der Waals surface area contributed by atoms with E-state index >= 15 is 0 Å². The zero-order chi connectivity index (χ0) is 15.7. The third kappa shape index (κ3) is 2.91. The second-order valence-electron chi connectivity index (χ2n) is 6.00. The van der Waals surface area contributed by atoms with Crippen LogP contribution in [-0.2, 0) is 6.42 Å². The van der Waals surface area contributed by atoms with Crippen molar-refractivity contribution in [1.82, 2.24) is 0 Å². The van der Waals surface area contributed by atoms with E-state index in [1.165, 1.54) is 16.7 Å². The maximum absolute atomic E-state index is 4.17. The van der Waals surface area contributed by atoms with Crippen LogP contribution in [0.15, 0.2) is 55.3 Å². The van der Waals surface area contributed by atoms with Gasteiger partial charge in [0.25, 0.3) is 0 Å². The van der Waals surface area contributed by atoms with E-state index in [2.05, 4.69) is 74.0 Å². The molecule has 2 N–H and O–H groups in total. The molecule has 1 aliphatic rings. The molecule has 0 spiro atoms. The number of allylic oxidation sites excluding steroid dienone is 1. The fourth-order valence-electron chi connectivity index (χ4n) is 2.70. The molecule has 22 heavy (non-hydrogen) atoms. The number of hydrogen-bond acceptors (Lipinski definition) is 2. The van der Waals surface area contributed by atoms with Gasteiger partial charge < -0.3 is 10.6 Å². The van der Waals surface area contributed by atoms with E-state index in [4.69, 9.17) is 0 Å². The predicted octanol–water partition coefficient (Wildman–Crippen LogP) is 5.26. The standard InChI is InChI=1S/C20H22N2/c1-13-5-7-18(11-14(13)2)16(4)22-19-10-9-17-8-6-15(3)21-20(17)12-19/h5,7,9-12,21-22H,3-4,6,8H2,1-2H3. The van der Waals surface area contributed by atoms with Crippen LogP contribution in [0.2, 0.25) is 0 Å². The van der Waals surface area contributed by atoms with Gasteiger partial charge in [-0.3, -0.25) is 0 Å². The van der Waals surface area contributed by atoms with Crippen molar-refractivity contribution in [1.29, 1.82) is 0 Å². The Morgan fingerprint density at radius 3 is 2.64 bits per heavy atom. The fraction of sp³-hybridized carbons (Fsp3) is 0.200. The highest BCUT2D eigenvalue weighted by Crippen LogP contribution is 2.30. The van der Waals surface area contributed by atoms with Crippen LogP contribution in [0.25, 0.3) is 5.70 Å². The van der Waals surface area contributed by atoms with E-state index in [9.17, 15) is 0 Å². The Morgan fingerprint density at radius 2 is 1.86 bits per heavy atom. The summed E-state index contributed by atoms with van der Waals surface area (Å²) in [5.41, 5.74) is 9.23. The van der Waals surface area contributed by atoms with Crippen molar-refractivity contribution in [3.05, 3.63) is 77.5 Å². The number of fused-ring (bicyclic) bond motifs is 1. The molecule has 2 aromatic carbocycles. The lowest BCUT2D eigenvalue weighted by atomic mass is 10.0. The van der Waals surface area contributed by atoms with Crippen molar-refractivity contribution in [2.24, 2.45) is 0 Å². The largest absolute Gasteiger partial charge is 0.359 e. The Morgan fingerprint density at radius 1 is 1.05 bits per heavy atom. The summed E-state index contributed by atoms with van der Waals surface area (Å²) < 4.78 is 0. The van der Waals surface area contributed by atoms with Crippen LogP contribution in [0.5, 0.6) is 0 Å². The molecule has 2 nitrogen and oxygen atoms in total. The van der Waals surface area contributed by atoms with Crippen LogP contribution >= 0.6 is 0 Å². The molecule has 0 saturated carbocycles. The summed E-state index contributed by atoms with van der Waals surface area (Å²) >= 11 is 0. The summed E-state index contributed by atoms with van der Waals surface area (Å²) in [4.78, 5) is 0. The minimum Gasteiger partial charge on any atom is -0.359 e. The molecular formula is C20H22N2. The molecule has 0 aromatic heterocycles. The quantitative estimate of drug-likeness (QED) is 0.806. The highest BCUT2D eigenvalue weighted by atomic mass is 14.9. The van der Waals surface area contributed by atoms with E-state index in [1.807, 2.05) is 0 Å². The second-order valence-corrected chi connectivity index (χ2v) is 6.00. The Hall–Kier alpha value is -2.48. The van der Waals surface area contributed by atoms with Gasteiger partial charge in [-0.1, -0.05) is 31.4 Å². The average molecular weight is 290 g/mol. The van der Waals surface area contributed by atoms with Gasteiger partial charge in [-0.15, -0.1) is 0 Å². The van der Waals surface area contributed by atoms with Crippen molar-refractivity contribution in [2.45, 2.75) is 26.7 Å². The first-order valence-electron chi connectivity index (χ1n) is 7.64. The molecule has 2 aromatic rings. The number of rotatable bonds is 3. The third-order valence-electron chi connectivity index (χ3n) is 4.27. The summed E-state index contributed by atoms with van der Waals surface area (Å²) in [5.74, 6) is 0. The number of aryl methyl sites for hydroxylation is 3. The highest BCUT2D eigenvalue weighted by Gasteiger charge is 2.11. The number of nitrogens with one attached hydrogen (secondary N) is 2. The van der Waals surface area contributed by atoms with Gasteiger partial charge in [0.2, 0.25) is 0 Å². The minimum atomic E-state index is 0.915. The zero-order valence-electron chi connectivity index (χ0n) is 13.3. The number of benzene rings is 2. The lowest BCUT2D eigenvalue weighted by Gasteiger charge is -2.21. The lowest BCUT2D eigenvalue weighted by molar-refractivity contribution is 0.919. The molecule has 0 atom stereocenters. The normalized spacial score (nSPS) is 13.3. The van der Waals surface area contributed by atoms with Crippen LogP contribution in [0.4, 0.5) is 11.4 Å². The predicted molar refractivity (Wildman–Crippen MR) is 96.1 cm³/mol. The van der Waals surface area contributed by atoms with Crippen LogP contribution in [0.3, 0.4) is 0 Å². The van der Waals surface area contributed by atoms with Gasteiger partial charge in [-0.05, 0) is 67.1 Å². The molecule has 0 bridgehead atoms. The van der Waals surface area contributed by atoms with E-state index < -0.39 is 0 Å². The molecule has 3 rings (SSSR count). The van der Waals surface area contributed by atoms with Crippen LogP contribution in [0, 0.1) is 13.8 Å². The van der Waals surface area contributed by atoms with Crippen molar-refractivity contribution in [2.75, 3.05) is 10.6 Å². The van der Waals surface area contributed by atoms with Crippen molar-refractivity contribution in [3.8, 4) is 0 Å². The fourth-order valence-corrected chi connectivity index (χ4v) is 2.70. The second kappa shape index (κ2) is 5.72. The van der Waals surface area contributed by atoms with Crippen molar-refractivity contribution >= 4 is 17.1 Å². The van der Waals surface area contributed by atoms with Gasteiger partial charge in [-0.2, -0.15) is 0 Å². The SMILES string of the molecule is C=C1CCc2ccc(NC(=C)c3ccc(C)c(C)c3)cc2N1. The van der Waals surface area contributed by atoms with E-state index in [1.54, 1.807) is 0 Å². The molecule has 0 amide bonds. The molecule has 0 fully saturated rings. The molecule has 1 aliphatic heterocycles. The average Bonchev–Trinajstić information content (AvgIpc) is 2.49. The van der Waals surface area contributed by atoms with Gasteiger partial charge >= 0.3 is 0 Å². The summed E-state index contributed by atoms with van der Waals surface area (Å²) in [6.45, 7) is 12.4. The first kappa shape index (κ1) is 14.5. The number of anilines is 2. The first-order valence-corrected chi connectivity index (χ1v) is 7.64. The highest BCUT2D eigenvalue weighted by molar-refractivity contribution is 5.78. The molecule has 0 unspecified atom stereocenters. The van der Waals surface area contributed by atoms with Gasteiger partial charge in [-0.25, -0.2) is 0 Å². The van der Waals surface area contributed by atoms with Crippen LogP contribution < -0.4 is 10.6 Å². The van der Waals surface area contributed by atoms with Gasteiger partial charge in [0.05, 0.1) is 0 Å². The van der Waals surface area contributed by atoms with Gasteiger partial charge in [0.1, 0.15) is 0 Å². The summed E-state index contributed by atoms with van der Waals surface area (Å²) in [5, 5.41) is 6.77. The first-order chi connectivity index (χ1) is 10.5. The van der Waals surface area contributed by atoms with E-state index in [0.29, 0.717) is 0 Å². The Balaban J connectivity index is 1.80. The summed E-state index contributed by atoms with van der Waals surface area (Å²) in [7, 11) is 0. The Labute approximate surface area is 132 Å². The van der Waals surface area contributed by atoms with Crippen molar-refractivity contribution < 1.29 is 0 Å². The van der Waals surface area contributed by atoms with Crippen LogP contribution in [0.1, 0.15) is 28.7 Å². The summed E-state index contributed by atoms with van der Waals surface area (Å²) in [6.07, 6.45) is 2.06. The molecular weight excluding hydrogens is 268 g/mol. The Kier molecular flexibility index (Phi) is 3.76. The maximum Gasteiger partial charge on any atom is 0.0435 e. The topological polar surface area (TPSA) is 24.1 Å². The zero-order valence-corrected chi connectivity index (χ0v) is 13.3. The summed E-state index contributed by atoms with van der Waals surface area (Å²) in [6, 6.07) is 12.8. The van der Waals surface area contributed by atoms with E-state index in [0.717, 1.165) is 41.2 Å². The molecule has 1 heterocycles. The number of hydrogen-bond donors (Lipinski definition) is 2. The molecule has 2 heteroatoms.